The maximum absolute atomic E-state index is 13.5. The van der Waals surface area contributed by atoms with Crippen molar-refractivity contribution in [3.8, 4) is 17.2 Å². The van der Waals surface area contributed by atoms with Crippen LogP contribution in [0, 0.1) is 17.2 Å². The van der Waals surface area contributed by atoms with E-state index >= 15 is 0 Å². The summed E-state index contributed by atoms with van der Waals surface area (Å²) in [6.45, 7) is 5.34. The fourth-order valence-corrected chi connectivity index (χ4v) is 6.93. The van der Waals surface area contributed by atoms with Crippen molar-refractivity contribution in [1.29, 1.82) is 5.26 Å². The van der Waals surface area contributed by atoms with Crippen LogP contribution < -0.4 is 10.2 Å². The van der Waals surface area contributed by atoms with E-state index in [0.717, 1.165) is 87.5 Å². The van der Waals surface area contributed by atoms with Gasteiger partial charge < -0.3 is 10.2 Å². The number of carbonyl (C=O) groups excluding carboxylic acids is 1. The molecule has 210 valence electrons. The number of hydrogen-bond donors (Lipinski definition) is 1. The van der Waals surface area contributed by atoms with Crippen molar-refractivity contribution in [2.75, 3.05) is 42.9 Å². The molecule has 2 unspecified atom stereocenters. The maximum Gasteiger partial charge on any atom is 0.225 e. The van der Waals surface area contributed by atoms with Gasteiger partial charge in [-0.05, 0) is 67.5 Å². The van der Waals surface area contributed by atoms with Gasteiger partial charge in [0.1, 0.15) is 5.82 Å². The van der Waals surface area contributed by atoms with E-state index < -0.39 is 0 Å². The second kappa shape index (κ2) is 10.8. The van der Waals surface area contributed by atoms with Gasteiger partial charge in [0.25, 0.3) is 0 Å². The fourth-order valence-electron chi connectivity index (χ4n) is 6.93. The highest BCUT2D eigenvalue weighted by molar-refractivity contribution is 5.91. The van der Waals surface area contributed by atoms with E-state index in [4.69, 9.17) is 9.97 Å². The van der Waals surface area contributed by atoms with Crippen LogP contribution in [0.3, 0.4) is 0 Å². The van der Waals surface area contributed by atoms with E-state index in [-0.39, 0.29) is 17.5 Å². The summed E-state index contributed by atoms with van der Waals surface area (Å²) < 4.78 is 0. The SMILES string of the molecule is N#CC1CC2CCCC(=O)C3(CC3)N3CCN(CC3)Cc3cccc(c3)Nc3cc(ccn3)-c3cnc(nc3)N2C1. The van der Waals surface area contributed by atoms with Gasteiger partial charge in [0.2, 0.25) is 5.95 Å². The van der Waals surface area contributed by atoms with Crippen molar-refractivity contribution < 1.29 is 4.79 Å². The van der Waals surface area contributed by atoms with Crippen LogP contribution in [0.15, 0.2) is 55.0 Å². The third-order valence-corrected chi connectivity index (χ3v) is 9.35. The molecular weight excluding hydrogens is 512 g/mol. The Labute approximate surface area is 241 Å². The van der Waals surface area contributed by atoms with Crippen LogP contribution in [0.5, 0.6) is 0 Å². The van der Waals surface area contributed by atoms with Gasteiger partial charge in [-0.15, -0.1) is 0 Å². The predicted octanol–water partition coefficient (Wildman–Crippen LogP) is 4.40. The highest BCUT2D eigenvalue weighted by Crippen LogP contribution is 2.44. The van der Waals surface area contributed by atoms with Crippen molar-refractivity contribution in [1.82, 2.24) is 24.8 Å². The van der Waals surface area contributed by atoms with Gasteiger partial charge in [-0.3, -0.25) is 14.6 Å². The van der Waals surface area contributed by atoms with Crippen LogP contribution in [0.25, 0.3) is 11.1 Å². The molecule has 1 aromatic carbocycles. The van der Waals surface area contributed by atoms with Crippen LogP contribution in [0.1, 0.15) is 44.1 Å². The van der Waals surface area contributed by atoms with Gasteiger partial charge in [-0.25, -0.2) is 15.0 Å². The van der Waals surface area contributed by atoms with Crippen molar-refractivity contribution in [2.24, 2.45) is 5.92 Å². The molecule has 1 aliphatic carbocycles. The average Bonchev–Trinajstić information content (AvgIpc) is 3.71. The number of aromatic nitrogens is 3. The summed E-state index contributed by atoms with van der Waals surface area (Å²) >= 11 is 0. The Balaban J connectivity index is 1.18. The molecule has 2 atom stereocenters. The molecule has 7 aliphatic rings. The predicted molar refractivity (Wildman–Crippen MR) is 158 cm³/mol. The molecule has 10 rings (SSSR count). The Kier molecular flexibility index (Phi) is 6.89. The molecule has 3 fully saturated rings. The van der Waals surface area contributed by atoms with E-state index in [1.54, 1.807) is 6.20 Å². The van der Waals surface area contributed by atoms with E-state index in [1.165, 1.54) is 5.56 Å². The Hall–Kier alpha value is -3.87. The molecule has 2 aromatic heterocycles. The highest BCUT2D eigenvalue weighted by atomic mass is 16.1. The van der Waals surface area contributed by atoms with Gasteiger partial charge in [0.05, 0.1) is 17.5 Å². The number of carbonyl (C=O) groups is 1. The summed E-state index contributed by atoms with van der Waals surface area (Å²) in [5, 5.41) is 13.1. The molecule has 9 nitrogen and oxygen atoms in total. The molecule has 2 saturated heterocycles. The van der Waals surface area contributed by atoms with Crippen LogP contribution in [-0.2, 0) is 11.3 Å². The number of pyridine rings is 1. The largest absolute Gasteiger partial charge is 0.340 e. The van der Waals surface area contributed by atoms with Gasteiger partial charge in [-0.2, -0.15) is 5.26 Å². The zero-order valence-corrected chi connectivity index (χ0v) is 23.4. The molecule has 8 heterocycles. The number of ketones is 1. The lowest BCUT2D eigenvalue weighted by Crippen LogP contribution is -2.53. The average molecular weight is 549 g/mol. The number of nitriles is 1. The Morgan fingerprint density at radius 1 is 1.00 bits per heavy atom. The normalized spacial score (nSPS) is 27.2. The standard InChI is InChI=1S/C32H36N8O/c33-18-24-16-28-5-2-6-29(41)32(8-9-32)39-13-11-38(12-14-39)21-23-3-1-4-27(15-23)37-30-17-25(7-10-34-30)26-19-35-31(36-20-26)40(28)22-24/h1,3-4,7,10,15,17,19-20,24,28H,2,5-6,8-9,11-14,16,21-22H2,(H,34,37). The first-order valence-electron chi connectivity index (χ1n) is 14.9. The van der Waals surface area contributed by atoms with Gasteiger partial charge in [0, 0.05) is 81.6 Å². The molecule has 41 heavy (non-hydrogen) atoms. The first-order chi connectivity index (χ1) is 20.1. The second-order valence-corrected chi connectivity index (χ2v) is 12.0. The van der Waals surface area contributed by atoms with E-state index in [1.807, 2.05) is 24.5 Å². The zero-order valence-electron chi connectivity index (χ0n) is 23.4. The number of benzene rings is 1. The first-order valence-corrected chi connectivity index (χ1v) is 14.9. The number of hydrogen-bond acceptors (Lipinski definition) is 9. The van der Waals surface area contributed by atoms with Gasteiger partial charge in [0.15, 0.2) is 5.78 Å². The topological polar surface area (TPSA) is 101 Å². The maximum atomic E-state index is 13.5. The number of anilines is 3. The molecule has 8 bridgehead atoms. The summed E-state index contributed by atoms with van der Waals surface area (Å²) in [4.78, 5) is 34.6. The molecule has 9 heteroatoms. The van der Waals surface area contributed by atoms with Crippen molar-refractivity contribution in [3.63, 3.8) is 0 Å². The second-order valence-electron chi connectivity index (χ2n) is 12.0. The minimum absolute atomic E-state index is 0.0454. The minimum atomic E-state index is -0.241. The Morgan fingerprint density at radius 2 is 1.83 bits per heavy atom. The third-order valence-electron chi connectivity index (χ3n) is 9.35. The lowest BCUT2D eigenvalue weighted by Gasteiger charge is -2.39. The third kappa shape index (κ3) is 5.30. The van der Waals surface area contributed by atoms with Crippen LogP contribution >= 0.6 is 0 Å². The van der Waals surface area contributed by atoms with Crippen molar-refractivity contribution in [3.05, 3.63) is 60.6 Å². The highest BCUT2D eigenvalue weighted by Gasteiger charge is 2.53. The molecule has 1 saturated carbocycles. The van der Waals surface area contributed by atoms with Crippen LogP contribution in [-0.4, -0.2) is 74.8 Å². The number of Topliss-reactive ketones (excluding diaryl/α,β-unsaturated/α-hetero) is 1. The summed E-state index contributed by atoms with van der Waals surface area (Å²) in [6.07, 6.45) is 10.6. The Morgan fingerprint density at radius 3 is 2.61 bits per heavy atom. The lowest BCUT2D eigenvalue weighted by molar-refractivity contribution is -0.127. The van der Waals surface area contributed by atoms with E-state index in [0.29, 0.717) is 24.7 Å². The monoisotopic (exact) mass is 548 g/mol. The first kappa shape index (κ1) is 26.1. The molecule has 3 aromatic rings. The number of nitrogens with one attached hydrogen (secondary N) is 1. The molecule has 0 amide bonds. The van der Waals surface area contributed by atoms with Crippen molar-refractivity contribution >= 4 is 23.2 Å². The molecule has 1 N–H and O–H groups in total. The zero-order chi connectivity index (χ0) is 27.8. The minimum Gasteiger partial charge on any atom is -0.340 e. The van der Waals surface area contributed by atoms with Crippen LogP contribution in [0.2, 0.25) is 0 Å². The summed E-state index contributed by atoms with van der Waals surface area (Å²) in [7, 11) is 0. The quantitative estimate of drug-likeness (QED) is 0.438. The van der Waals surface area contributed by atoms with Gasteiger partial charge >= 0.3 is 0 Å². The molecule has 0 radical (unpaired) electrons. The number of piperazine rings is 1. The van der Waals surface area contributed by atoms with Crippen molar-refractivity contribution in [2.45, 2.75) is 56.7 Å². The summed E-state index contributed by atoms with van der Waals surface area (Å²) in [5.41, 5.74) is 3.93. The van der Waals surface area contributed by atoms with E-state index in [9.17, 15) is 10.1 Å². The van der Waals surface area contributed by atoms with Gasteiger partial charge in [-0.1, -0.05) is 12.1 Å². The molecule has 1 spiro atoms. The number of rotatable bonds is 0. The molecular formula is C32H36N8O. The smallest absolute Gasteiger partial charge is 0.225 e. The lowest BCUT2D eigenvalue weighted by atomic mass is 9.98. The number of nitrogens with zero attached hydrogens (tertiary/aromatic N) is 7. The van der Waals surface area contributed by atoms with E-state index in [2.05, 4.69) is 55.3 Å². The summed E-state index contributed by atoms with van der Waals surface area (Å²) in [5.74, 6) is 1.78. The van der Waals surface area contributed by atoms with Crippen LogP contribution in [0.4, 0.5) is 17.5 Å². The fraction of sp³-hybridized carbons (Fsp3) is 0.469. The molecule has 6 aliphatic heterocycles. The summed E-state index contributed by atoms with van der Waals surface area (Å²) in [6, 6.07) is 15.1. The Bertz CT molecular complexity index is 1460.